The quantitative estimate of drug-likeness (QED) is 0.773. The summed E-state index contributed by atoms with van der Waals surface area (Å²) in [4.78, 5) is 22.3. The summed E-state index contributed by atoms with van der Waals surface area (Å²) >= 11 is 0. The highest BCUT2D eigenvalue weighted by atomic mass is 16.7. The minimum absolute atomic E-state index is 0.0477. The topological polar surface area (TPSA) is 93.1 Å². The molecule has 0 saturated carbocycles. The summed E-state index contributed by atoms with van der Waals surface area (Å²) in [5.41, 5.74) is -0.731. The average molecular weight is 254 g/mol. The third-order valence-corrected chi connectivity index (χ3v) is 3.04. The van der Waals surface area contributed by atoms with Gasteiger partial charge in [0.25, 0.3) is 0 Å². The van der Waals surface area contributed by atoms with Crippen LogP contribution in [0.1, 0.15) is 13.3 Å². The maximum Gasteiger partial charge on any atom is 0.331 e. The molecule has 0 spiro atoms. The van der Waals surface area contributed by atoms with Crippen LogP contribution in [-0.4, -0.2) is 41.7 Å². The highest BCUT2D eigenvalue weighted by Gasteiger charge is 2.38. The van der Waals surface area contributed by atoms with E-state index in [1.54, 1.807) is 0 Å². The Hall–Kier alpha value is -1.66. The van der Waals surface area contributed by atoms with Gasteiger partial charge in [-0.05, 0) is 19.4 Å². The molecule has 6 heteroatoms. The molecule has 1 aliphatic carbocycles. The zero-order valence-corrected chi connectivity index (χ0v) is 9.88. The predicted molar refractivity (Wildman–Crippen MR) is 59.9 cm³/mol. The standard InChI is InChI=1S/C12H14O6/c1-12(11(15)16)5-7(9(13)14)4-8(6-12)10-17-2-3-18-10/h4,6,10H,2-3,5H2,1H3,(H,13,14)(H,15,16). The van der Waals surface area contributed by atoms with Gasteiger partial charge in [0.05, 0.1) is 18.6 Å². The molecule has 1 atom stereocenters. The van der Waals surface area contributed by atoms with Gasteiger partial charge >= 0.3 is 11.9 Å². The Balaban J connectivity index is 2.36. The van der Waals surface area contributed by atoms with Crippen LogP contribution in [0.4, 0.5) is 0 Å². The number of hydrogen-bond acceptors (Lipinski definition) is 4. The fourth-order valence-corrected chi connectivity index (χ4v) is 2.07. The molecule has 0 amide bonds. The number of hydrogen-bond donors (Lipinski definition) is 2. The SMILES string of the molecule is CC1(C(=O)O)C=C(C2OCCO2)C=C(C(=O)O)C1. The van der Waals surface area contributed by atoms with Gasteiger partial charge < -0.3 is 19.7 Å². The van der Waals surface area contributed by atoms with Gasteiger partial charge in [-0.2, -0.15) is 0 Å². The Kier molecular flexibility index (Phi) is 3.23. The normalized spacial score (nSPS) is 28.7. The van der Waals surface area contributed by atoms with Crippen LogP contribution in [0.25, 0.3) is 0 Å². The van der Waals surface area contributed by atoms with Crippen molar-refractivity contribution in [2.24, 2.45) is 5.41 Å². The summed E-state index contributed by atoms with van der Waals surface area (Å²) in [5, 5.41) is 18.3. The molecule has 2 aliphatic rings. The molecule has 98 valence electrons. The smallest absolute Gasteiger partial charge is 0.331 e. The first-order valence-electron chi connectivity index (χ1n) is 5.55. The van der Waals surface area contributed by atoms with Crippen molar-refractivity contribution >= 4 is 11.9 Å². The van der Waals surface area contributed by atoms with Crippen LogP contribution in [0.15, 0.2) is 23.3 Å². The van der Waals surface area contributed by atoms with Crippen LogP contribution >= 0.6 is 0 Å². The first kappa shape index (κ1) is 12.8. The molecule has 1 heterocycles. The highest BCUT2D eigenvalue weighted by molar-refractivity contribution is 5.90. The number of aliphatic carboxylic acids is 2. The van der Waals surface area contributed by atoms with Gasteiger partial charge in [0.2, 0.25) is 0 Å². The molecule has 0 aromatic heterocycles. The van der Waals surface area contributed by atoms with Crippen molar-refractivity contribution in [3.05, 3.63) is 23.3 Å². The Morgan fingerprint density at radius 3 is 2.44 bits per heavy atom. The summed E-state index contributed by atoms with van der Waals surface area (Å²) in [7, 11) is 0. The highest BCUT2D eigenvalue weighted by Crippen LogP contribution is 2.36. The van der Waals surface area contributed by atoms with E-state index in [2.05, 4.69) is 0 Å². The molecular weight excluding hydrogens is 240 g/mol. The summed E-state index contributed by atoms with van der Waals surface area (Å²) < 4.78 is 10.5. The minimum atomic E-state index is -1.24. The lowest BCUT2D eigenvalue weighted by Gasteiger charge is -2.27. The largest absolute Gasteiger partial charge is 0.481 e. The molecule has 0 bridgehead atoms. The molecule has 6 nitrogen and oxygen atoms in total. The van der Waals surface area contributed by atoms with Gasteiger partial charge in [0.15, 0.2) is 6.29 Å². The zero-order valence-electron chi connectivity index (χ0n) is 9.88. The van der Waals surface area contributed by atoms with E-state index in [1.807, 2.05) is 0 Å². The number of carbonyl (C=O) groups is 2. The molecule has 0 radical (unpaired) electrons. The molecule has 2 N–H and O–H groups in total. The van der Waals surface area contributed by atoms with Gasteiger partial charge in [-0.15, -0.1) is 0 Å². The fourth-order valence-electron chi connectivity index (χ4n) is 2.07. The Morgan fingerprint density at radius 1 is 1.33 bits per heavy atom. The number of carboxylic acid groups (broad SMARTS) is 2. The van der Waals surface area contributed by atoms with Gasteiger partial charge in [-0.3, -0.25) is 4.79 Å². The van der Waals surface area contributed by atoms with E-state index in [9.17, 15) is 14.7 Å². The summed E-state index contributed by atoms with van der Waals surface area (Å²) in [6.07, 6.45) is 2.23. The van der Waals surface area contributed by atoms with Crippen LogP contribution in [0.2, 0.25) is 0 Å². The molecule has 1 fully saturated rings. The Morgan fingerprint density at radius 2 is 1.94 bits per heavy atom. The van der Waals surface area contributed by atoms with Gasteiger partial charge in [-0.1, -0.05) is 6.08 Å². The maximum absolute atomic E-state index is 11.3. The van der Waals surface area contributed by atoms with Crippen molar-refractivity contribution in [3.8, 4) is 0 Å². The lowest BCUT2D eigenvalue weighted by molar-refractivity contribution is -0.145. The zero-order chi connectivity index (χ0) is 13.3. The van der Waals surface area contributed by atoms with E-state index in [-0.39, 0.29) is 12.0 Å². The lowest BCUT2D eigenvalue weighted by Crippen LogP contribution is -2.31. The second kappa shape index (κ2) is 4.55. The molecule has 0 aromatic carbocycles. The van der Waals surface area contributed by atoms with Gasteiger partial charge in [0, 0.05) is 11.1 Å². The first-order valence-corrected chi connectivity index (χ1v) is 5.55. The first-order chi connectivity index (χ1) is 8.42. The minimum Gasteiger partial charge on any atom is -0.481 e. The van der Waals surface area contributed by atoms with E-state index in [1.165, 1.54) is 19.1 Å². The molecule has 1 saturated heterocycles. The lowest BCUT2D eigenvalue weighted by atomic mass is 9.77. The van der Waals surface area contributed by atoms with Crippen LogP contribution < -0.4 is 0 Å². The molecular formula is C12H14O6. The van der Waals surface area contributed by atoms with Crippen LogP contribution in [0.3, 0.4) is 0 Å². The fraction of sp³-hybridized carbons (Fsp3) is 0.500. The monoisotopic (exact) mass is 254 g/mol. The number of rotatable bonds is 3. The van der Waals surface area contributed by atoms with Crippen molar-refractivity contribution < 1.29 is 29.3 Å². The van der Waals surface area contributed by atoms with Crippen LogP contribution in [-0.2, 0) is 19.1 Å². The summed E-state index contributed by atoms with van der Waals surface area (Å²) in [5.74, 6) is -2.18. The number of ether oxygens (including phenoxy) is 2. The van der Waals surface area contributed by atoms with Gasteiger partial charge in [-0.25, -0.2) is 4.79 Å². The maximum atomic E-state index is 11.3. The summed E-state index contributed by atoms with van der Waals surface area (Å²) in [6, 6.07) is 0. The third-order valence-electron chi connectivity index (χ3n) is 3.04. The predicted octanol–water partition coefficient (Wildman–Crippen LogP) is 0.791. The second-order valence-corrected chi connectivity index (χ2v) is 4.59. The van der Waals surface area contributed by atoms with Crippen molar-refractivity contribution in [3.63, 3.8) is 0 Å². The molecule has 0 aromatic rings. The van der Waals surface area contributed by atoms with Crippen molar-refractivity contribution in [1.29, 1.82) is 0 Å². The molecule has 1 unspecified atom stereocenters. The average Bonchev–Trinajstić information content (AvgIpc) is 2.81. The van der Waals surface area contributed by atoms with Crippen molar-refractivity contribution in [1.82, 2.24) is 0 Å². The Labute approximate surface area is 104 Å². The van der Waals surface area contributed by atoms with E-state index in [0.29, 0.717) is 18.8 Å². The van der Waals surface area contributed by atoms with Gasteiger partial charge in [0.1, 0.15) is 0 Å². The molecule has 1 aliphatic heterocycles. The van der Waals surface area contributed by atoms with Crippen molar-refractivity contribution in [2.45, 2.75) is 19.6 Å². The van der Waals surface area contributed by atoms with Crippen LogP contribution in [0, 0.1) is 5.41 Å². The van der Waals surface area contributed by atoms with E-state index < -0.39 is 23.6 Å². The van der Waals surface area contributed by atoms with Crippen LogP contribution in [0.5, 0.6) is 0 Å². The second-order valence-electron chi connectivity index (χ2n) is 4.59. The van der Waals surface area contributed by atoms with E-state index in [4.69, 9.17) is 14.6 Å². The molecule has 2 rings (SSSR count). The number of carboxylic acids is 2. The van der Waals surface area contributed by atoms with E-state index >= 15 is 0 Å². The van der Waals surface area contributed by atoms with Crippen molar-refractivity contribution in [2.75, 3.05) is 13.2 Å². The third kappa shape index (κ3) is 2.30. The Bertz CT molecular complexity index is 443. The molecule has 18 heavy (non-hydrogen) atoms. The van der Waals surface area contributed by atoms with E-state index in [0.717, 1.165) is 0 Å². The summed E-state index contributed by atoms with van der Waals surface area (Å²) in [6.45, 7) is 2.32.